The Morgan fingerprint density at radius 1 is 1.11 bits per heavy atom. The van der Waals surface area contributed by atoms with Crippen LogP contribution in [0.3, 0.4) is 0 Å². The molecule has 36 heavy (non-hydrogen) atoms. The van der Waals surface area contributed by atoms with Crippen LogP contribution in [0.4, 0.5) is 19.5 Å². The third kappa shape index (κ3) is 6.05. The Labute approximate surface area is 213 Å². The molecule has 1 aliphatic rings. The number of carbonyl (C=O) groups excluding carboxylic acids is 1. The smallest absolute Gasteiger partial charge is 0.251 e. The monoisotopic (exact) mass is 537 g/mol. The van der Waals surface area contributed by atoms with Crippen LogP contribution in [0.15, 0.2) is 42.5 Å². The lowest BCUT2D eigenvalue weighted by Crippen LogP contribution is -2.37. The number of amides is 1. The van der Waals surface area contributed by atoms with Crippen molar-refractivity contribution in [2.45, 2.75) is 26.0 Å². The Balaban J connectivity index is 1.54. The summed E-state index contributed by atoms with van der Waals surface area (Å²) in [6.07, 6.45) is 0. The summed E-state index contributed by atoms with van der Waals surface area (Å²) >= 11 is 1.00. The number of nitrogens with zero attached hydrogens (tertiary/aromatic N) is 1. The maximum atomic E-state index is 14.9. The van der Waals surface area contributed by atoms with E-state index in [4.69, 9.17) is 5.73 Å². The second-order valence-corrected chi connectivity index (χ2v) is 12.9. The van der Waals surface area contributed by atoms with Gasteiger partial charge in [0.05, 0.1) is 28.2 Å². The molecule has 1 aromatic heterocycles. The van der Waals surface area contributed by atoms with Gasteiger partial charge < -0.3 is 16.2 Å². The summed E-state index contributed by atoms with van der Waals surface area (Å²) in [4.78, 5) is 14.4. The van der Waals surface area contributed by atoms with Gasteiger partial charge >= 0.3 is 0 Å². The predicted molar refractivity (Wildman–Crippen MR) is 141 cm³/mol. The van der Waals surface area contributed by atoms with Gasteiger partial charge in [-0.25, -0.2) is 8.78 Å². The molecule has 1 aliphatic heterocycles. The number of aliphatic hydroxyl groups is 1. The van der Waals surface area contributed by atoms with Crippen molar-refractivity contribution < 1.29 is 27.8 Å². The Bertz CT molecular complexity index is 1240. The van der Waals surface area contributed by atoms with Gasteiger partial charge in [0, 0.05) is 30.2 Å². The minimum absolute atomic E-state index is 0.101. The number of halogens is 2. The molecule has 3 aromatic rings. The molecule has 0 spiro atoms. The third-order valence-electron chi connectivity index (χ3n) is 6.08. The van der Waals surface area contributed by atoms with E-state index in [0.29, 0.717) is 41.8 Å². The first-order chi connectivity index (χ1) is 16.8. The molecule has 194 valence electrons. The van der Waals surface area contributed by atoms with Gasteiger partial charge in [-0.15, -0.1) is 11.3 Å². The summed E-state index contributed by atoms with van der Waals surface area (Å²) in [6.45, 7) is 4.78. The van der Waals surface area contributed by atoms with E-state index in [9.17, 15) is 27.8 Å². The van der Waals surface area contributed by atoms with Gasteiger partial charge in [0.25, 0.3) is 5.91 Å². The maximum Gasteiger partial charge on any atom is 0.251 e. The fourth-order valence-corrected chi connectivity index (χ4v) is 6.39. The van der Waals surface area contributed by atoms with Crippen LogP contribution in [0.2, 0.25) is 0 Å². The number of carbonyl (C=O) groups is 1. The first-order valence-corrected chi connectivity index (χ1v) is 14.0. The van der Waals surface area contributed by atoms with Crippen molar-refractivity contribution in [2.24, 2.45) is 5.73 Å². The molecule has 4 rings (SSSR count). The summed E-state index contributed by atoms with van der Waals surface area (Å²) in [6, 6.07) is 11.0. The zero-order valence-corrected chi connectivity index (χ0v) is 21.6. The van der Waals surface area contributed by atoms with Crippen LogP contribution >= 0.6 is 21.9 Å². The Kier molecular flexibility index (Phi) is 7.42. The topological polar surface area (TPSA) is 119 Å². The summed E-state index contributed by atoms with van der Waals surface area (Å²) < 4.78 is 49.3. The van der Waals surface area contributed by atoms with Crippen LogP contribution in [0.25, 0.3) is 10.4 Å². The third-order valence-corrected chi connectivity index (χ3v) is 8.82. The van der Waals surface area contributed by atoms with Crippen LogP contribution in [0.1, 0.15) is 35.3 Å². The molecular formula is C25H29F2N3O4S2. The molecule has 0 radical (unpaired) electrons. The number of hydrogen-bond donors (Lipinski definition) is 5. The van der Waals surface area contributed by atoms with Gasteiger partial charge in [-0.2, -0.15) is 10.6 Å². The Hall–Kier alpha value is -2.54. The molecule has 6 N–H and O–H groups in total. The van der Waals surface area contributed by atoms with Crippen LogP contribution < -0.4 is 11.1 Å². The lowest BCUT2D eigenvalue weighted by Gasteiger charge is -2.41. The second-order valence-electron chi connectivity index (χ2n) is 9.40. The van der Waals surface area contributed by atoms with Crippen molar-refractivity contribution >= 4 is 38.5 Å². The standard InChI is InChI=1S/C25H29F2N3O4S2/c1-25(2,32)16-11-19(26)22(20(27)12-16)21-13-18(23(28)31)24(35-21)29-17-5-3-15(4-6-17)14-30-7-9-36(33,34)10-8-30/h3-6,11-13,29,32-34H,7-10,14H2,1-2H3,(H2,28,31). The number of nitrogens with two attached hydrogens (primary N) is 1. The lowest BCUT2D eigenvalue weighted by atomic mass is 9.96. The van der Waals surface area contributed by atoms with Crippen molar-refractivity contribution in [3.05, 3.63) is 70.8 Å². The minimum Gasteiger partial charge on any atom is -0.386 e. The highest BCUT2D eigenvalue weighted by Crippen LogP contribution is 2.41. The van der Waals surface area contributed by atoms with Gasteiger partial charge in [0.15, 0.2) is 0 Å². The number of rotatable bonds is 7. The molecule has 1 fully saturated rings. The molecule has 2 aromatic carbocycles. The number of hydrogen-bond acceptors (Lipinski definition) is 7. The summed E-state index contributed by atoms with van der Waals surface area (Å²) in [5.74, 6) is -1.67. The van der Waals surface area contributed by atoms with Crippen molar-refractivity contribution in [3.63, 3.8) is 0 Å². The second kappa shape index (κ2) is 10.1. The molecular weight excluding hydrogens is 508 g/mol. The molecule has 0 bridgehead atoms. The highest BCUT2D eigenvalue weighted by Gasteiger charge is 2.25. The van der Waals surface area contributed by atoms with Crippen molar-refractivity contribution in [1.29, 1.82) is 0 Å². The van der Waals surface area contributed by atoms with Crippen molar-refractivity contribution in [3.8, 4) is 10.4 Å². The van der Waals surface area contributed by atoms with E-state index >= 15 is 0 Å². The molecule has 1 saturated heterocycles. The molecule has 1 amide bonds. The highest BCUT2D eigenvalue weighted by atomic mass is 32.3. The van der Waals surface area contributed by atoms with E-state index in [-0.39, 0.29) is 21.6 Å². The number of nitrogens with one attached hydrogen (secondary N) is 1. The molecule has 0 aliphatic carbocycles. The Morgan fingerprint density at radius 3 is 2.22 bits per heavy atom. The van der Waals surface area contributed by atoms with E-state index in [2.05, 4.69) is 10.2 Å². The van der Waals surface area contributed by atoms with Gasteiger partial charge in [-0.3, -0.25) is 18.8 Å². The van der Waals surface area contributed by atoms with Gasteiger partial charge in [-0.05, 0) is 55.3 Å². The predicted octanol–water partition coefficient (Wildman–Crippen LogP) is 5.33. The lowest BCUT2D eigenvalue weighted by molar-refractivity contribution is 0.0778. The van der Waals surface area contributed by atoms with Crippen molar-refractivity contribution in [2.75, 3.05) is 29.9 Å². The number of thiophene rings is 1. The van der Waals surface area contributed by atoms with E-state index in [1.807, 2.05) is 24.3 Å². The average Bonchev–Trinajstić information content (AvgIpc) is 3.19. The van der Waals surface area contributed by atoms with Crippen LogP contribution in [0, 0.1) is 11.6 Å². The quantitative estimate of drug-likeness (QED) is 0.278. The number of primary amides is 1. The molecule has 7 nitrogen and oxygen atoms in total. The number of anilines is 2. The van der Waals surface area contributed by atoms with Gasteiger partial charge in [0.1, 0.15) is 16.6 Å². The summed E-state index contributed by atoms with van der Waals surface area (Å²) in [5.41, 5.74) is 5.74. The fourth-order valence-electron chi connectivity index (χ4n) is 3.96. The van der Waals surface area contributed by atoms with Crippen LogP contribution in [-0.2, 0) is 12.1 Å². The summed E-state index contributed by atoms with van der Waals surface area (Å²) in [5, 5.41) is 13.6. The zero-order valence-electron chi connectivity index (χ0n) is 19.9. The van der Waals surface area contributed by atoms with E-state index in [0.717, 1.165) is 29.0 Å². The van der Waals surface area contributed by atoms with E-state index in [1.165, 1.54) is 19.9 Å². The van der Waals surface area contributed by atoms with Crippen LogP contribution in [-0.4, -0.2) is 49.6 Å². The largest absolute Gasteiger partial charge is 0.386 e. The molecule has 0 unspecified atom stereocenters. The zero-order chi connectivity index (χ0) is 26.3. The normalized spacial score (nSPS) is 17.1. The molecule has 0 saturated carbocycles. The number of benzene rings is 2. The average molecular weight is 538 g/mol. The van der Waals surface area contributed by atoms with E-state index < -0.39 is 33.7 Å². The highest BCUT2D eigenvalue weighted by molar-refractivity contribution is 8.24. The fraction of sp³-hybridized carbons (Fsp3) is 0.320. The maximum absolute atomic E-state index is 14.9. The van der Waals surface area contributed by atoms with Crippen LogP contribution in [0.5, 0.6) is 0 Å². The molecule has 2 heterocycles. The summed E-state index contributed by atoms with van der Waals surface area (Å²) in [7, 11) is -2.44. The Morgan fingerprint density at radius 2 is 1.69 bits per heavy atom. The first-order valence-electron chi connectivity index (χ1n) is 11.3. The first kappa shape index (κ1) is 26.5. The van der Waals surface area contributed by atoms with E-state index in [1.54, 1.807) is 0 Å². The van der Waals surface area contributed by atoms with Gasteiger partial charge in [0.2, 0.25) is 0 Å². The SMILES string of the molecule is CC(C)(O)c1cc(F)c(-c2cc(C(N)=O)c(Nc3ccc(CN4CCS(O)(O)CC4)cc3)s2)c(F)c1. The van der Waals surface area contributed by atoms with Crippen molar-refractivity contribution in [1.82, 2.24) is 4.90 Å². The molecule has 0 atom stereocenters. The van der Waals surface area contributed by atoms with Gasteiger partial charge in [-0.1, -0.05) is 12.1 Å². The molecule has 11 heteroatoms. The minimum atomic E-state index is -2.44.